The van der Waals surface area contributed by atoms with Crippen molar-refractivity contribution in [3.8, 4) is 0 Å². The molecule has 220 valence electrons. The highest BCUT2D eigenvalue weighted by Gasteiger charge is 2.34. The van der Waals surface area contributed by atoms with Gasteiger partial charge in [-0.3, -0.25) is 4.79 Å². The molecule has 2 unspecified atom stereocenters. The van der Waals surface area contributed by atoms with Gasteiger partial charge in [-0.2, -0.15) is 0 Å². The van der Waals surface area contributed by atoms with Gasteiger partial charge in [0.15, 0.2) is 5.12 Å². The standard InChI is InChI=1S/C14H17NO3S.C12H14ClNO4S.Cl2/c1-11(16)19-13-7-8-15(9-13)14(17)18-10-12-5-3-2-4-6-12;13-19(16,17)11-6-7-14(8-11)12(15)18-9-10-4-2-1-3-5-10;1-2/h2-6,13H,7-10H2,1H3;1-5,11H,6-9H2;. The lowest BCUT2D eigenvalue weighted by molar-refractivity contribution is -0.109. The molecule has 9 nitrogen and oxygen atoms in total. The van der Waals surface area contributed by atoms with Crippen LogP contribution in [0.2, 0.25) is 0 Å². The van der Waals surface area contributed by atoms with E-state index in [0.29, 0.717) is 32.7 Å². The summed E-state index contributed by atoms with van der Waals surface area (Å²) in [7, 11) is 9.88. The third kappa shape index (κ3) is 12.1. The molecule has 0 radical (unpaired) electrons. The van der Waals surface area contributed by atoms with Crippen LogP contribution in [0.1, 0.15) is 30.9 Å². The zero-order valence-corrected chi connectivity index (χ0v) is 25.7. The summed E-state index contributed by atoms with van der Waals surface area (Å²) in [5.74, 6) is 0. The summed E-state index contributed by atoms with van der Waals surface area (Å²) in [6.45, 7) is 3.73. The Labute approximate surface area is 253 Å². The molecule has 0 bridgehead atoms. The molecule has 2 amide bonds. The summed E-state index contributed by atoms with van der Waals surface area (Å²) in [4.78, 5) is 37.7. The molecule has 0 aliphatic carbocycles. The van der Waals surface area contributed by atoms with E-state index in [1.165, 1.54) is 16.7 Å². The van der Waals surface area contributed by atoms with E-state index in [1.807, 2.05) is 60.7 Å². The number of amides is 2. The highest BCUT2D eigenvalue weighted by molar-refractivity contribution is 8.14. The van der Waals surface area contributed by atoms with E-state index < -0.39 is 20.4 Å². The molecule has 2 aromatic rings. The van der Waals surface area contributed by atoms with Crippen LogP contribution in [0.15, 0.2) is 60.7 Å². The van der Waals surface area contributed by atoms with Crippen molar-refractivity contribution in [3.05, 3.63) is 71.8 Å². The zero-order valence-electron chi connectivity index (χ0n) is 21.8. The van der Waals surface area contributed by atoms with Gasteiger partial charge in [-0.15, -0.1) is 0 Å². The number of carbonyl (C=O) groups is 3. The van der Waals surface area contributed by atoms with Crippen LogP contribution >= 0.6 is 44.2 Å². The minimum atomic E-state index is -3.61. The predicted molar refractivity (Wildman–Crippen MR) is 158 cm³/mol. The highest BCUT2D eigenvalue weighted by Crippen LogP contribution is 2.24. The predicted octanol–water partition coefficient (Wildman–Crippen LogP) is 6.02. The number of hydrogen-bond donors (Lipinski definition) is 0. The Kier molecular flexibility index (Phi) is 15.0. The zero-order chi connectivity index (χ0) is 29.5. The van der Waals surface area contributed by atoms with Gasteiger partial charge in [-0.1, -0.05) is 72.4 Å². The summed E-state index contributed by atoms with van der Waals surface area (Å²) in [6.07, 6.45) is 0.402. The third-order valence-corrected chi connectivity index (χ3v) is 8.93. The number of hydrogen-bond acceptors (Lipinski definition) is 8. The average molecular weight is 654 g/mol. The van der Waals surface area contributed by atoms with Crippen LogP contribution in [0.4, 0.5) is 9.59 Å². The average Bonchev–Trinajstić information content (AvgIpc) is 3.63. The van der Waals surface area contributed by atoms with Gasteiger partial charge in [-0.05, 0) is 24.0 Å². The molecule has 40 heavy (non-hydrogen) atoms. The van der Waals surface area contributed by atoms with Crippen molar-refractivity contribution in [2.24, 2.45) is 0 Å². The molecule has 2 heterocycles. The first-order chi connectivity index (χ1) is 19.1. The number of carbonyl (C=O) groups excluding carboxylic acids is 3. The van der Waals surface area contributed by atoms with Gasteiger partial charge in [0, 0.05) is 70.7 Å². The molecular formula is C26H31Cl3N2O7S2. The van der Waals surface area contributed by atoms with Crippen LogP contribution in [-0.4, -0.2) is 72.2 Å². The molecule has 2 fully saturated rings. The number of likely N-dealkylation sites (tertiary alicyclic amines) is 2. The molecule has 2 aliphatic heterocycles. The lowest BCUT2D eigenvalue weighted by Gasteiger charge is -2.16. The topological polar surface area (TPSA) is 110 Å². The van der Waals surface area contributed by atoms with E-state index in [1.54, 1.807) is 11.8 Å². The lowest BCUT2D eigenvalue weighted by atomic mass is 10.2. The Balaban J connectivity index is 0.000000264. The normalized spacial score (nSPS) is 18.1. The first-order valence-corrected chi connectivity index (χ1v) is 16.7. The Bertz CT molecular complexity index is 1190. The van der Waals surface area contributed by atoms with Gasteiger partial charge in [0.1, 0.15) is 13.2 Å². The number of nitrogens with zero attached hydrogens (tertiary/aromatic N) is 2. The fraction of sp³-hybridized carbons (Fsp3) is 0.423. The largest absolute Gasteiger partial charge is 0.445 e. The first-order valence-electron chi connectivity index (χ1n) is 12.3. The quantitative estimate of drug-likeness (QED) is 0.348. The SMILES string of the molecule is CC(=O)SC1CCN(C(=O)OCc2ccccc2)C1.ClCl.O=C(OCc1ccccc1)N1CCC(S(=O)(=O)Cl)C1. The molecule has 14 heteroatoms. The second-order valence-electron chi connectivity index (χ2n) is 8.88. The molecule has 2 aromatic carbocycles. The minimum absolute atomic E-state index is 0.0967. The van der Waals surface area contributed by atoms with E-state index in [0.717, 1.165) is 17.5 Å². The fourth-order valence-electron chi connectivity index (χ4n) is 3.97. The smallest absolute Gasteiger partial charge is 0.410 e. The number of rotatable bonds is 6. The summed E-state index contributed by atoms with van der Waals surface area (Å²) in [5.41, 5.74) is 1.86. The third-order valence-electron chi connectivity index (χ3n) is 5.95. The number of thioether (sulfide) groups is 1. The lowest BCUT2D eigenvalue weighted by Crippen LogP contribution is -2.31. The maximum Gasteiger partial charge on any atom is 0.410 e. The number of ether oxygens (including phenoxy) is 2. The van der Waals surface area contributed by atoms with Crippen LogP contribution in [0, 0.1) is 0 Å². The molecule has 4 rings (SSSR count). The molecule has 0 N–H and O–H groups in total. The van der Waals surface area contributed by atoms with Crippen LogP contribution < -0.4 is 0 Å². The van der Waals surface area contributed by atoms with Crippen LogP contribution in [-0.2, 0) is 36.5 Å². The maximum absolute atomic E-state index is 11.9. The molecule has 2 aliphatic rings. The van der Waals surface area contributed by atoms with Crippen molar-refractivity contribution in [1.29, 1.82) is 0 Å². The Morgan fingerprint density at radius 3 is 1.70 bits per heavy atom. The van der Waals surface area contributed by atoms with E-state index in [-0.39, 0.29) is 29.6 Å². The van der Waals surface area contributed by atoms with Gasteiger partial charge in [0.2, 0.25) is 9.05 Å². The van der Waals surface area contributed by atoms with E-state index in [4.69, 9.17) is 20.2 Å². The van der Waals surface area contributed by atoms with Gasteiger partial charge < -0.3 is 19.3 Å². The highest BCUT2D eigenvalue weighted by atomic mass is 36.5. The molecule has 0 aromatic heterocycles. The Morgan fingerprint density at radius 2 is 1.27 bits per heavy atom. The number of benzene rings is 2. The van der Waals surface area contributed by atoms with Crippen LogP contribution in [0.5, 0.6) is 0 Å². The van der Waals surface area contributed by atoms with E-state index >= 15 is 0 Å². The van der Waals surface area contributed by atoms with Crippen molar-refractivity contribution >= 4 is 70.5 Å². The summed E-state index contributed by atoms with van der Waals surface area (Å²) in [6, 6.07) is 18.9. The van der Waals surface area contributed by atoms with Crippen molar-refractivity contribution in [2.45, 2.75) is 43.5 Å². The molecule has 2 atom stereocenters. The number of halogens is 3. The van der Waals surface area contributed by atoms with Crippen LogP contribution in [0.25, 0.3) is 0 Å². The second kappa shape index (κ2) is 17.6. The van der Waals surface area contributed by atoms with E-state index in [2.05, 4.69) is 21.7 Å². The molecule has 0 spiro atoms. The first kappa shape index (κ1) is 34.0. The van der Waals surface area contributed by atoms with Crippen molar-refractivity contribution < 1.29 is 32.3 Å². The van der Waals surface area contributed by atoms with Gasteiger partial charge in [0.05, 0.1) is 5.25 Å². The summed E-state index contributed by atoms with van der Waals surface area (Å²) < 4.78 is 32.7. The monoisotopic (exact) mass is 652 g/mol. The van der Waals surface area contributed by atoms with E-state index in [9.17, 15) is 22.8 Å². The van der Waals surface area contributed by atoms with Crippen LogP contribution in [0.3, 0.4) is 0 Å². The van der Waals surface area contributed by atoms with Crippen molar-refractivity contribution in [3.63, 3.8) is 0 Å². The van der Waals surface area contributed by atoms with Gasteiger partial charge in [-0.25, -0.2) is 18.0 Å². The molecule has 2 saturated heterocycles. The Morgan fingerprint density at radius 1 is 0.825 bits per heavy atom. The second-order valence-corrected chi connectivity index (χ2v) is 13.3. The minimum Gasteiger partial charge on any atom is -0.445 e. The van der Waals surface area contributed by atoms with Crippen molar-refractivity contribution in [2.75, 3.05) is 26.2 Å². The maximum atomic E-state index is 11.9. The fourth-order valence-corrected chi connectivity index (χ4v) is 6.10. The molecular weight excluding hydrogens is 623 g/mol. The molecule has 0 saturated carbocycles. The van der Waals surface area contributed by atoms with Crippen molar-refractivity contribution in [1.82, 2.24) is 9.80 Å². The Hall–Kier alpha value is -2.18. The summed E-state index contributed by atoms with van der Waals surface area (Å²) in [5, 5.41) is -0.385. The van der Waals surface area contributed by atoms with Gasteiger partial charge >= 0.3 is 12.2 Å². The van der Waals surface area contributed by atoms with Gasteiger partial charge in [0.25, 0.3) is 0 Å². The summed E-state index contributed by atoms with van der Waals surface area (Å²) >= 11 is 1.31.